The van der Waals surface area contributed by atoms with E-state index in [1.54, 1.807) is 4.57 Å². The van der Waals surface area contributed by atoms with Crippen LogP contribution in [0.2, 0.25) is 0 Å². The Morgan fingerprint density at radius 1 is 1.09 bits per heavy atom. The van der Waals surface area contributed by atoms with Crippen LogP contribution in [-0.4, -0.2) is 25.1 Å². The maximum atomic E-state index is 13.1. The van der Waals surface area contributed by atoms with Crippen molar-refractivity contribution in [3.63, 3.8) is 0 Å². The van der Waals surface area contributed by atoms with Gasteiger partial charge in [0, 0.05) is 16.9 Å². The molecule has 0 unspecified atom stereocenters. The van der Waals surface area contributed by atoms with Crippen LogP contribution >= 0.6 is 15.9 Å². The first-order chi connectivity index (χ1) is 15.7. The number of nitrogens with one attached hydrogen (secondary N) is 1. The van der Waals surface area contributed by atoms with Crippen LogP contribution < -0.4 is 10.9 Å². The van der Waals surface area contributed by atoms with Crippen molar-refractivity contribution in [3.8, 4) is 11.4 Å². The number of nitrogens with zero attached hydrogens (tertiary/aromatic N) is 4. The molecule has 33 heavy (non-hydrogen) atoms. The molecule has 1 amide bonds. The first-order valence-electron chi connectivity index (χ1n) is 9.97. The molecule has 0 saturated carbocycles. The molecule has 168 valence electrons. The summed E-state index contributed by atoms with van der Waals surface area (Å²) in [7, 11) is 0. The fourth-order valence-electron chi connectivity index (χ4n) is 3.93. The summed E-state index contributed by atoms with van der Waals surface area (Å²) in [5, 5.41) is 7.00. The van der Waals surface area contributed by atoms with Gasteiger partial charge in [-0.1, -0.05) is 30.3 Å². The van der Waals surface area contributed by atoms with Gasteiger partial charge in [-0.05, 0) is 53.0 Å². The van der Waals surface area contributed by atoms with Gasteiger partial charge in [-0.3, -0.25) is 9.59 Å². The van der Waals surface area contributed by atoms with Crippen molar-refractivity contribution in [1.29, 1.82) is 0 Å². The van der Waals surface area contributed by atoms with Crippen molar-refractivity contribution in [2.75, 3.05) is 5.32 Å². The summed E-state index contributed by atoms with van der Waals surface area (Å²) in [5.41, 5.74) is 0.396. The molecule has 2 aromatic carbocycles. The highest BCUT2D eigenvalue weighted by atomic mass is 79.9. The van der Waals surface area contributed by atoms with Crippen LogP contribution in [0, 0.1) is 0 Å². The van der Waals surface area contributed by atoms with E-state index in [4.69, 9.17) is 0 Å². The third-order valence-electron chi connectivity index (χ3n) is 5.51. The number of anilines is 1. The Balaban J connectivity index is 1.53. The Morgan fingerprint density at radius 3 is 2.45 bits per heavy atom. The summed E-state index contributed by atoms with van der Waals surface area (Å²) in [6.07, 6.45) is -3.61. The predicted molar refractivity (Wildman–Crippen MR) is 118 cm³/mol. The molecule has 1 N–H and O–H groups in total. The first-order valence-corrected chi connectivity index (χ1v) is 10.8. The number of halogens is 4. The van der Waals surface area contributed by atoms with Crippen LogP contribution in [0.4, 0.5) is 18.9 Å². The van der Waals surface area contributed by atoms with E-state index in [1.165, 1.54) is 12.1 Å². The van der Waals surface area contributed by atoms with Gasteiger partial charge in [-0.25, -0.2) is 0 Å². The van der Waals surface area contributed by atoms with Gasteiger partial charge in [0.05, 0.1) is 5.56 Å². The van der Waals surface area contributed by atoms with Crippen LogP contribution in [0.15, 0.2) is 63.9 Å². The molecule has 0 aliphatic carbocycles. The Morgan fingerprint density at radius 2 is 1.79 bits per heavy atom. The minimum absolute atomic E-state index is 0.224. The number of carbonyl (C=O) groups excluding carboxylic acids is 1. The molecular formula is C22H15BrF3N5O2. The van der Waals surface area contributed by atoms with Gasteiger partial charge in [-0.2, -0.15) is 22.7 Å². The zero-order valence-electron chi connectivity index (χ0n) is 16.8. The van der Waals surface area contributed by atoms with Crippen molar-refractivity contribution >= 4 is 33.3 Å². The summed E-state index contributed by atoms with van der Waals surface area (Å²) in [4.78, 5) is 30.4. The SMILES string of the molecule is O=C(Nc1ccc(C(F)(F)F)cc1)[C@H]1CCc2c(Br)c(=O)n3nc(-c4ccccc4)nc3n21. The number of hydrogen-bond donors (Lipinski definition) is 1. The van der Waals surface area contributed by atoms with Crippen molar-refractivity contribution < 1.29 is 18.0 Å². The van der Waals surface area contributed by atoms with Gasteiger partial charge in [0.1, 0.15) is 10.5 Å². The van der Waals surface area contributed by atoms with E-state index in [0.29, 0.717) is 28.8 Å². The molecule has 2 aromatic heterocycles. The lowest BCUT2D eigenvalue weighted by Gasteiger charge is -2.16. The molecule has 0 radical (unpaired) electrons. The maximum absolute atomic E-state index is 13.1. The van der Waals surface area contributed by atoms with Gasteiger partial charge >= 0.3 is 6.18 Å². The standard InChI is InChI=1S/C22H15BrF3N5O2/c23-17-15-10-11-16(19(32)27-14-8-6-13(7-9-14)22(24,25)26)30(15)21-28-18(29-31(21)20(17)33)12-4-2-1-3-5-12/h1-9,16H,10-11H2,(H,27,32)/t16-/m1/s1. The number of fused-ring (bicyclic) bond motifs is 3. The second-order valence-corrected chi connectivity index (χ2v) is 8.36. The lowest BCUT2D eigenvalue weighted by Crippen LogP contribution is -2.28. The normalized spacial score (nSPS) is 15.6. The third kappa shape index (κ3) is 3.71. The van der Waals surface area contributed by atoms with Gasteiger partial charge < -0.3 is 9.88 Å². The summed E-state index contributed by atoms with van der Waals surface area (Å²) >= 11 is 3.33. The number of benzene rings is 2. The zero-order valence-corrected chi connectivity index (χ0v) is 18.4. The number of rotatable bonds is 3. The maximum Gasteiger partial charge on any atom is 0.416 e. The van der Waals surface area contributed by atoms with Crippen molar-refractivity contribution in [1.82, 2.24) is 19.2 Å². The number of carbonyl (C=O) groups is 1. The second kappa shape index (κ2) is 7.84. The number of alkyl halides is 3. The third-order valence-corrected chi connectivity index (χ3v) is 6.31. The smallest absolute Gasteiger partial charge is 0.324 e. The molecule has 5 rings (SSSR count). The van der Waals surface area contributed by atoms with Crippen LogP contribution in [-0.2, 0) is 17.4 Å². The predicted octanol–water partition coefficient (Wildman–Crippen LogP) is 4.47. The number of hydrogen-bond acceptors (Lipinski definition) is 4. The van der Waals surface area contributed by atoms with E-state index in [0.717, 1.165) is 22.2 Å². The van der Waals surface area contributed by atoms with Crippen LogP contribution in [0.3, 0.4) is 0 Å². The summed E-state index contributed by atoms with van der Waals surface area (Å²) in [6.45, 7) is 0. The molecule has 4 aromatic rings. The summed E-state index contributed by atoms with van der Waals surface area (Å²) < 4.78 is 41.5. The minimum atomic E-state index is -4.46. The number of amides is 1. The van der Waals surface area contributed by atoms with Gasteiger partial charge in [0.15, 0.2) is 5.82 Å². The molecule has 1 aliphatic rings. The average molecular weight is 518 g/mol. The zero-order chi connectivity index (χ0) is 23.3. The quantitative estimate of drug-likeness (QED) is 0.434. The Kier molecular flexibility index (Phi) is 5.08. The molecule has 1 atom stereocenters. The van der Waals surface area contributed by atoms with E-state index in [1.807, 2.05) is 30.3 Å². The van der Waals surface area contributed by atoms with E-state index >= 15 is 0 Å². The Hall–Kier alpha value is -3.47. The van der Waals surface area contributed by atoms with Crippen molar-refractivity contribution in [2.45, 2.75) is 25.1 Å². The van der Waals surface area contributed by atoms with E-state index in [2.05, 4.69) is 31.3 Å². The Bertz CT molecular complexity index is 1430. The highest BCUT2D eigenvalue weighted by Gasteiger charge is 2.34. The van der Waals surface area contributed by atoms with E-state index < -0.39 is 23.7 Å². The van der Waals surface area contributed by atoms with E-state index in [-0.39, 0.29) is 17.0 Å². The highest BCUT2D eigenvalue weighted by Crippen LogP contribution is 2.33. The van der Waals surface area contributed by atoms with Crippen molar-refractivity contribution in [2.24, 2.45) is 0 Å². The molecule has 0 spiro atoms. The van der Waals surface area contributed by atoms with Gasteiger partial charge in [0.25, 0.3) is 5.56 Å². The van der Waals surface area contributed by atoms with Crippen LogP contribution in [0.1, 0.15) is 23.7 Å². The lowest BCUT2D eigenvalue weighted by atomic mass is 10.1. The van der Waals surface area contributed by atoms with Gasteiger partial charge in [-0.15, -0.1) is 5.10 Å². The summed E-state index contributed by atoms with van der Waals surface area (Å²) in [5.74, 6) is 0.145. The van der Waals surface area contributed by atoms with Crippen LogP contribution in [0.5, 0.6) is 0 Å². The monoisotopic (exact) mass is 517 g/mol. The lowest BCUT2D eigenvalue weighted by molar-refractivity contribution is -0.137. The largest absolute Gasteiger partial charge is 0.416 e. The fraction of sp³-hybridized carbons (Fsp3) is 0.182. The first kappa shape index (κ1) is 21.4. The highest BCUT2D eigenvalue weighted by molar-refractivity contribution is 9.10. The van der Waals surface area contributed by atoms with E-state index in [9.17, 15) is 22.8 Å². The number of aromatic nitrogens is 4. The Labute approximate surface area is 193 Å². The molecule has 1 aliphatic heterocycles. The van der Waals surface area contributed by atoms with Gasteiger partial charge in [0.2, 0.25) is 11.7 Å². The molecule has 0 saturated heterocycles. The van der Waals surface area contributed by atoms with Crippen LogP contribution in [0.25, 0.3) is 17.2 Å². The minimum Gasteiger partial charge on any atom is -0.324 e. The summed E-state index contributed by atoms with van der Waals surface area (Å²) in [6, 6.07) is 12.7. The fourth-order valence-corrected chi connectivity index (χ4v) is 4.48. The van der Waals surface area contributed by atoms with Crippen molar-refractivity contribution in [3.05, 3.63) is 80.7 Å². The molecule has 3 heterocycles. The molecule has 0 fully saturated rings. The average Bonchev–Trinajstić information content (AvgIpc) is 3.43. The second-order valence-electron chi connectivity index (χ2n) is 7.57. The molecule has 0 bridgehead atoms. The molecule has 7 nitrogen and oxygen atoms in total. The molecule has 11 heteroatoms. The topological polar surface area (TPSA) is 81.3 Å². The molecular weight excluding hydrogens is 503 g/mol.